The molecule has 0 saturated heterocycles. The molecule has 20 heavy (non-hydrogen) atoms. The number of hydrogen-bond acceptors (Lipinski definition) is 3. The Hall–Kier alpha value is -2.39. The Bertz CT molecular complexity index is 556. The minimum Gasteiger partial charge on any atom is -0.478 e. The Morgan fingerprint density at radius 2 is 1.70 bits per heavy atom. The van der Waals surface area contributed by atoms with Crippen molar-refractivity contribution in [2.24, 2.45) is 0 Å². The van der Waals surface area contributed by atoms with Gasteiger partial charge in [0.15, 0.2) is 0 Å². The van der Waals surface area contributed by atoms with Crippen LogP contribution in [0.1, 0.15) is 10.4 Å². The lowest BCUT2D eigenvalue weighted by atomic mass is 10.1. The number of carbonyl (C=O) groups is 2. The number of carboxylic acids is 1. The first kappa shape index (κ1) is 15.7. The summed E-state index contributed by atoms with van der Waals surface area (Å²) < 4.78 is 61.2. The predicted octanol–water partition coefficient (Wildman–Crippen LogP) is 2.10. The van der Waals surface area contributed by atoms with E-state index in [4.69, 9.17) is 10.8 Å². The standard InChI is InChI=1S/C10H7F5N2O3/c11-9(12,10(13,14)15)8(20)17-6-2-1-4(7(18)19)3-5(6)16/h1-3H,16H2,(H,17,20)(H,18,19). The van der Waals surface area contributed by atoms with E-state index < -0.39 is 35.4 Å². The number of hydrogen-bond donors (Lipinski definition) is 3. The molecule has 0 unspecified atom stereocenters. The molecule has 110 valence electrons. The van der Waals surface area contributed by atoms with Gasteiger partial charge in [0, 0.05) is 0 Å². The van der Waals surface area contributed by atoms with Crippen LogP contribution in [0.5, 0.6) is 0 Å². The Morgan fingerprint density at radius 3 is 2.10 bits per heavy atom. The van der Waals surface area contributed by atoms with Gasteiger partial charge in [-0.25, -0.2) is 4.79 Å². The zero-order valence-electron chi connectivity index (χ0n) is 9.46. The van der Waals surface area contributed by atoms with Crippen LogP contribution in [-0.4, -0.2) is 29.1 Å². The highest BCUT2D eigenvalue weighted by molar-refractivity contribution is 6.00. The summed E-state index contributed by atoms with van der Waals surface area (Å²) in [5, 5.41) is 9.90. The summed E-state index contributed by atoms with van der Waals surface area (Å²) in [4.78, 5) is 21.5. The highest BCUT2D eigenvalue weighted by Crippen LogP contribution is 2.36. The second-order valence-corrected chi connectivity index (χ2v) is 3.63. The molecule has 1 aromatic carbocycles. The van der Waals surface area contributed by atoms with Crippen LogP contribution in [0.25, 0.3) is 0 Å². The fourth-order valence-electron chi connectivity index (χ4n) is 1.14. The van der Waals surface area contributed by atoms with E-state index in [-0.39, 0.29) is 5.56 Å². The summed E-state index contributed by atoms with van der Waals surface area (Å²) in [6, 6.07) is 2.51. The summed E-state index contributed by atoms with van der Waals surface area (Å²) in [6.45, 7) is 0. The van der Waals surface area contributed by atoms with E-state index in [2.05, 4.69) is 0 Å². The molecule has 5 nitrogen and oxygen atoms in total. The van der Waals surface area contributed by atoms with Crippen molar-refractivity contribution < 1.29 is 36.6 Å². The Labute approximate surface area is 108 Å². The van der Waals surface area contributed by atoms with E-state index >= 15 is 0 Å². The van der Waals surface area contributed by atoms with Crippen LogP contribution in [0.15, 0.2) is 18.2 Å². The van der Waals surface area contributed by atoms with E-state index in [1.807, 2.05) is 0 Å². The Morgan fingerprint density at radius 1 is 1.15 bits per heavy atom. The van der Waals surface area contributed by atoms with E-state index in [1.54, 1.807) is 0 Å². The Balaban J connectivity index is 3.00. The van der Waals surface area contributed by atoms with Gasteiger partial charge in [0.05, 0.1) is 16.9 Å². The number of carboxylic acid groups (broad SMARTS) is 1. The Kier molecular flexibility index (Phi) is 3.87. The fourth-order valence-corrected chi connectivity index (χ4v) is 1.14. The maximum absolute atomic E-state index is 12.7. The fraction of sp³-hybridized carbons (Fsp3) is 0.200. The van der Waals surface area contributed by atoms with Crippen molar-refractivity contribution in [2.75, 3.05) is 11.1 Å². The van der Waals surface area contributed by atoms with Crippen LogP contribution >= 0.6 is 0 Å². The second-order valence-electron chi connectivity index (χ2n) is 3.63. The predicted molar refractivity (Wildman–Crippen MR) is 57.4 cm³/mol. The normalized spacial score (nSPS) is 12.1. The molecule has 0 aliphatic rings. The number of anilines is 2. The first-order valence-corrected chi connectivity index (χ1v) is 4.85. The van der Waals surface area contributed by atoms with Gasteiger partial charge in [-0.15, -0.1) is 0 Å². The number of nitrogen functional groups attached to an aromatic ring is 1. The van der Waals surface area contributed by atoms with Crippen LogP contribution in [-0.2, 0) is 4.79 Å². The van der Waals surface area contributed by atoms with Gasteiger partial charge in [-0.3, -0.25) is 4.79 Å². The van der Waals surface area contributed by atoms with Gasteiger partial charge >= 0.3 is 24.0 Å². The second kappa shape index (κ2) is 4.94. The van der Waals surface area contributed by atoms with Crippen LogP contribution in [0.3, 0.4) is 0 Å². The van der Waals surface area contributed by atoms with Crippen molar-refractivity contribution >= 4 is 23.3 Å². The molecule has 0 aliphatic heterocycles. The van der Waals surface area contributed by atoms with Gasteiger partial charge in [-0.2, -0.15) is 22.0 Å². The van der Waals surface area contributed by atoms with Crippen LogP contribution in [0.2, 0.25) is 0 Å². The van der Waals surface area contributed by atoms with Crippen LogP contribution in [0, 0.1) is 0 Å². The van der Waals surface area contributed by atoms with Gasteiger partial charge in [-0.05, 0) is 18.2 Å². The molecule has 0 heterocycles. The first-order valence-electron chi connectivity index (χ1n) is 4.85. The zero-order chi connectivity index (χ0) is 15.7. The molecule has 0 radical (unpaired) electrons. The van der Waals surface area contributed by atoms with Crippen LogP contribution in [0.4, 0.5) is 33.3 Å². The summed E-state index contributed by atoms with van der Waals surface area (Å²) in [5.41, 5.74) is 3.93. The topological polar surface area (TPSA) is 92.4 Å². The summed E-state index contributed by atoms with van der Waals surface area (Å²) in [5.74, 6) is -9.58. The SMILES string of the molecule is Nc1cc(C(=O)O)ccc1NC(=O)C(F)(F)C(F)(F)F. The monoisotopic (exact) mass is 298 g/mol. The number of amides is 1. The molecule has 0 atom stereocenters. The third-order valence-electron chi connectivity index (χ3n) is 2.19. The quantitative estimate of drug-likeness (QED) is 0.588. The average molecular weight is 298 g/mol. The maximum Gasteiger partial charge on any atom is 0.463 e. The molecule has 0 spiro atoms. The molecular weight excluding hydrogens is 291 g/mol. The number of nitrogens with one attached hydrogen (secondary N) is 1. The molecule has 0 bridgehead atoms. The van der Waals surface area contributed by atoms with Crippen molar-refractivity contribution in [3.05, 3.63) is 23.8 Å². The highest BCUT2D eigenvalue weighted by atomic mass is 19.4. The number of carbonyl (C=O) groups excluding carboxylic acids is 1. The number of aromatic carboxylic acids is 1. The molecule has 0 fully saturated rings. The summed E-state index contributed by atoms with van der Waals surface area (Å²) in [7, 11) is 0. The molecule has 0 aromatic heterocycles. The van der Waals surface area contributed by atoms with E-state index in [0.29, 0.717) is 0 Å². The summed E-state index contributed by atoms with van der Waals surface area (Å²) >= 11 is 0. The molecule has 1 amide bonds. The lowest BCUT2D eigenvalue weighted by Crippen LogP contribution is -2.47. The average Bonchev–Trinajstić information content (AvgIpc) is 2.29. The molecular formula is C10H7F5N2O3. The minimum absolute atomic E-state index is 0.317. The molecule has 1 rings (SSSR count). The largest absolute Gasteiger partial charge is 0.478 e. The molecule has 4 N–H and O–H groups in total. The van der Waals surface area contributed by atoms with Crippen LogP contribution < -0.4 is 11.1 Å². The van der Waals surface area contributed by atoms with Crippen molar-refractivity contribution in [1.29, 1.82) is 0 Å². The van der Waals surface area contributed by atoms with Gasteiger partial charge in [0.25, 0.3) is 0 Å². The maximum atomic E-state index is 12.7. The zero-order valence-corrected chi connectivity index (χ0v) is 9.46. The van der Waals surface area contributed by atoms with E-state index in [1.165, 1.54) is 5.32 Å². The van der Waals surface area contributed by atoms with E-state index in [9.17, 15) is 31.5 Å². The number of benzene rings is 1. The van der Waals surface area contributed by atoms with Crippen molar-refractivity contribution in [1.82, 2.24) is 0 Å². The van der Waals surface area contributed by atoms with Gasteiger partial charge in [0.1, 0.15) is 0 Å². The summed E-state index contributed by atoms with van der Waals surface area (Å²) in [6.07, 6.45) is -6.05. The smallest absolute Gasteiger partial charge is 0.463 e. The number of alkyl halides is 5. The number of rotatable bonds is 3. The lowest BCUT2D eigenvalue weighted by Gasteiger charge is -2.19. The molecule has 1 aromatic rings. The van der Waals surface area contributed by atoms with Crippen molar-refractivity contribution in [2.45, 2.75) is 12.1 Å². The van der Waals surface area contributed by atoms with Gasteiger partial charge < -0.3 is 16.2 Å². The van der Waals surface area contributed by atoms with Gasteiger partial charge in [-0.1, -0.05) is 0 Å². The third kappa shape index (κ3) is 2.95. The van der Waals surface area contributed by atoms with Gasteiger partial charge in [0.2, 0.25) is 0 Å². The molecule has 0 aliphatic carbocycles. The van der Waals surface area contributed by atoms with E-state index in [0.717, 1.165) is 18.2 Å². The molecule has 10 heteroatoms. The third-order valence-corrected chi connectivity index (χ3v) is 2.19. The first-order chi connectivity index (χ1) is 8.96. The number of nitrogens with two attached hydrogens (primary N) is 1. The molecule has 0 saturated carbocycles. The van der Waals surface area contributed by atoms with Crippen molar-refractivity contribution in [3.63, 3.8) is 0 Å². The number of halogens is 5. The lowest BCUT2D eigenvalue weighted by molar-refractivity contribution is -0.267. The minimum atomic E-state index is -6.05. The van der Waals surface area contributed by atoms with Crippen molar-refractivity contribution in [3.8, 4) is 0 Å². The highest BCUT2D eigenvalue weighted by Gasteiger charge is 2.63.